The number of hydrogen-bond acceptors (Lipinski definition) is 4. The molecule has 2 aromatic carbocycles. The minimum absolute atomic E-state index is 0.0359. The third kappa shape index (κ3) is 3.80. The zero-order valence-electron chi connectivity index (χ0n) is 11.8. The summed E-state index contributed by atoms with van der Waals surface area (Å²) in [6.07, 6.45) is 0. The molecule has 0 aliphatic carbocycles. The predicted octanol–water partition coefficient (Wildman–Crippen LogP) is 4.99. The first-order valence-corrected chi connectivity index (χ1v) is 8.83. The summed E-state index contributed by atoms with van der Waals surface area (Å²) in [7, 11) is 0. The van der Waals surface area contributed by atoms with Gasteiger partial charge in [-0.3, -0.25) is 4.79 Å². The molecule has 0 bridgehead atoms. The van der Waals surface area contributed by atoms with E-state index in [0.717, 1.165) is 25.8 Å². The number of thiazole rings is 1. The van der Waals surface area contributed by atoms with Gasteiger partial charge in [-0.1, -0.05) is 11.6 Å². The van der Waals surface area contributed by atoms with Crippen molar-refractivity contribution in [1.29, 1.82) is 0 Å². The fourth-order valence-corrected chi connectivity index (χ4v) is 3.63. The normalized spacial score (nSPS) is 10.8. The average molecular weight is 349 g/mol. The summed E-state index contributed by atoms with van der Waals surface area (Å²) in [5.41, 5.74) is 1.70. The topological polar surface area (TPSA) is 42.0 Å². The Kier molecular flexibility index (Phi) is 4.66. The number of nitrogens with one attached hydrogen (secondary N) is 1. The molecular weight excluding hydrogens is 336 g/mol. The Labute approximate surface area is 141 Å². The van der Waals surface area contributed by atoms with Crippen molar-refractivity contribution in [3.63, 3.8) is 0 Å². The lowest BCUT2D eigenvalue weighted by Gasteiger charge is -2.05. The lowest BCUT2D eigenvalue weighted by molar-refractivity contribution is -0.113. The molecule has 3 rings (SSSR count). The molecule has 0 aliphatic heterocycles. The number of halogens is 1. The standard InChI is InChI=1S/C16H13ClN2OS2/c1-10-18-14-8-12(4-7-15(14)22-10)19-16(20)9-21-13-5-2-11(17)3-6-13/h2-8H,9H2,1H3,(H,19,20). The Hall–Kier alpha value is -1.56. The van der Waals surface area contributed by atoms with Crippen LogP contribution >= 0.6 is 34.7 Å². The van der Waals surface area contributed by atoms with E-state index in [1.54, 1.807) is 11.3 Å². The summed E-state index contributed by atoms with van der Waals surface area (Å²) >= 11 is 8.97. The van der Waals surface area contributed by atoms with E-state index < -0.39 is 0 Å². The van der Waals surface area contributed by atoms with Crippen molar-refractivity contribution in [2.75, 3.05) is 11.1 Å². The summed E-state index contributed by atoms with van der Waals surface area (Å²) < 4.78 is 1.13. The van der Waals surface area contributed by atoms with Gasteiger partial charge in [0.25, 0.3) is 0 Å². The molecule has 112 valence electrons. The quantitative estimate of drug-likeness (QED) is 0.675. The van der Waals surface area contributed by atoms with Gasteiger partial charge < -0.3 is 5.32 Å². The minimum atomic E-state index is -0.0359. The number of carbonyl (C=O) groups is 1. The van der Waals surface area contributed by atoms with Gasteiger partial charge in [-0.2, -0.15) is 0 Å². The second-order valence-electron chi connectivity index (χ2n) is 4.71. The molecule has 0 aliphatic rings. The van der Waals surface area contributed by atoms with Crippen LogP contribution in [0, 0.1) is 6.92 Å². The number of anilines is 1. The summed E-state index contributed by atoms with van der Waals surface area (Å²) in [5, 5.41) is 4.62. The Bertz CT molecular complexity index is 815. The van der Waals surface area contributed by atoms with Crippen molar-refractivity contribution in [2.24, 2.45) is 0 Å². The lowest BCUT2D eigenvalue weighted by Crippen LogP contribution is -2.13. The van der Waals surface area contributed by atoms with Crippen LogP contribution in [0.1, 0.15) is 5.01 Å². The van der Waals surface area contributed by atoms with Gasteiger partial charge in [0.15, 0.2) is 0 Å². The van der Waals surface area contributed by atoms with E-state index in [1.165, 1.54) is 11.8 Å². The van der Waals surface area contributed by atoms with Gasteiger partial charge in [0.2, 0.25) is 5.91 Å². The van der Waals surface area contributed by atoms with E-state index >= 15 is 0 Å². The van der Waals surface area contributed by atoms with Gasteiger partial charge in [-0.05, 0) is 49.4 Å². The smallest absolute Gasteiger partial charge is 0.234 e. The molecule has 0 fully saturated rings. The van der Waals surface area contributed by atoms with E-state index in [0.29, 0.717) is 10.8 Å². The Morgan fingerprint density at radius 3 is 2.82 bits per heavy atom. The van der Waals surface area contributed by atoms with Gasteiger partial charge in [0.05, 0.1) is 21.0 Å². The van der Waals surface area contributed by atoms with Crippen molar-refractivity contribution in [3.05, 3.63) is 52.5 Å². The van der Waals surface area contributed by atoms with E-state index in [2.05, 4.69) is 10.3 Å². The molecule has 0 saturated heterocycles. The molecule has 0 atom stereocenters. The summed E-state index contributed by atoms with van der Waals surface area (Å²) in [4.78, 5) is 17.5. The van der Waals surface area contributed by atoms with Crippen molar-refractivity contribution in [1.82, 2.24) is 4.98 Å². The van der Waals surface area contributed by atoms with Crippen LogP contribution in [0.25, 0.3) is 10.2 Å². The first-order chi connectivity index (χ1) is 10.6. The van der Waals surface area contributed by atoms with Gasteiger partial charge in [-0.15, -0.1) is 23.1 Å². The van der Waals surface area contributed by atoms with Gasteiger partial charge >= 0.3 is 0 Å². The highest BCUT2D eigenvalue weighted by Crippen LogP contribution is 2.25. The second-order valence-corrected chi connectivity index (χ2v) is 7.43. The maximum Gasteiger partial charge on any atom is 0.234 e. The Morgan fingerprint density at radius 1 is 1.27 bits per heavy atom. The molecule has 0 unspecified atom stereocenters. The highest BCUT2D eigenvalue weighted by atomic mass is 35.5. The zero-order valence-corrected chi connectivity index (χ0v) is 14.2. The van der Waals surface area contributed by atoms with Crippen LogP contribution in [0.2, 0.25) is 5.02 Å². The molecule has 1 aromatic heterocycles. The highest BCUT2D eigenvalue weighted by Gasteiger charge is 2.06. The number of amides is 1. The predicted molar refractivity (Wildman–Crippen MR) is 95.2 cm³/mol. The second kappa shape index (κ2) is 6.69. The summed E-state index contributed by atoms with van der Waals surface area (Å²) in [6.45, 7) is 1.98. The molecule has 1 heterocycles. The highest BCUT2D eigenvalue weighted by molar-refractivity contribution is 8.00. The monoisotopic (exact) mass is 348 g/mol. The average Bonchev–Trinajstić information content (AvgIpc) is 2.86. The molecular formula is C16H13ClN2OS2. The van der Waals surface area contributed by atoms with Crippen molar-refractivity contribution >= 4 is 56.5 Å². The van der Waals surface area contributed by atoms with Crippen LogP contribution in [0.5, 0.6) is 0 Å². The van der Waals surface area contributed by atoms with E-state index in [-0.39, 0.29) is 5.91 Å². The Balaban J connectivity index is 1.61. The van der Waals surface area contributed by atoms with Crippen LogP contribution in [-0.4, -0.2) is 16.6 Å². The third-order valence-electron chi connectivity index (χ3n) is 2.96. The van der Waals surface area contributed by atoms with Crippen LogP contribution in [0.15, 0.2) is 47.4 Å². The van der Waals surface area contributed by atoms with Crippen LogP contribution in [-0.2, 0) is 4.79 Å². The number of aryl methyl sites for hydroxylation is 1. The molecule has 0 saturated carbocycles. The number of rotatable bonds is 4. The number of hydrogen-bond donors (Lipinski definition) is 1. The van der Waals surface area contributed by atoms with E-state index in [9.17, 15) is 4.79 Å². The number of benzene rings is 2. The van der Waals surface area contributed by atoms with E-state index in [4.69, 9.17) is 11.6 Å². The molecule has 0 radical (unpaired) electrons. The summed E-state index contributed by atoms with van der Waals surface area (Å²) in [6, 6.07) is 13.3. The number of aromatic nitrogens is 1. The first kappa shape index (κ1) is 15.3. The number of nitrogens with zero attached hydrogens (tertiary/aromatic N) is 1. The van der Waals surface area contributed by atoms with Crippen molar-refractivity contribution < 1.29 is 4.79 Å². The van der Waals surface area contributed by atoms with Crippen LogP contribution in [0.3, 0.4) is 0 Å². The molecule has 0 spiro atoms. The molecule has 22 heavy (non-hydrogen) atoms. The minimum Gasteiger partial charge on any atom is -0.325 e. The van der Waals surface area contributed by atoms with Crippen LogP contribution in [0.4, 0.5) is 5.69 Å². The van der Waals surface area contributed by atoms with Crippen LogP contribution < -0.4 is 5.32 Å². The van der Waals surface area contributed by atoms with Gasteiger partial charge in [-0.25, -0.2) is 4.98 Å². The van der Waals surface area contributed by atoms with Gasteiger partial charge in [0, 0.05) is 15.6 Å². The number of thioether (sulfide) groups is 1. The Morgan fingerprint density at radius 2 is 2.05 bits per heavy atom. The SMILES string of the molecule is Cc1nc2cc(NC(=O)CSc3ccc(Cl)cc3)ccc2s1. The number of fused-ring (bicyclic) bond motifs is 1. The maximum atomic E-state index is 12.0. The van der Waals surface area contributed by atoms with Crippen molar-refractivity contribution in [2.45, 2.75) is 11.8 Å². The molecule has 3 nitrogen and oxygen atoms in total. The fourth-order valence-electron chi connectivity index (χ4n) is 2.00. The van der Waals surface area contributed by atoms with Gasteiger partial charge in [0.1, 0.15) is 0 Å². The van der Waals surface area contributed by atoms with Crippen molar-refractivity contribution in [3.8, 4) is 0 Å². The maximum absolute atomic E-state index is 12.0. The first-order valence-electron chi connectivity index (χ1n) is 6.65. The number of carbonyl (C=O) groups excluding carboxylic acids is 1. The third-order valence-corrected chi connectivity index (χ3v) is 5.18. The molecule has 1 amide bonds. The zero-order chi connectivity index (χ0) is 15.5. The fraction of sp³-hybridized carbons (Fsp3) is 0.125. The summed E-state index contributed by atoms with van der Waals surface area (Å²) in [5.74, 6) is 0.321. The molecule has 6 heteroatoms. The molecule has 1 N–H and O–H groups in total. The van der Waals surface area contributed by atoms with E-state index in [1.807, 2.05) is 49.4 Å². The molecule has 3 aromatic rings. The lowest BCUT2D eigenvalue weighted by atomic mass is 10.3. The largest absolute Gasteiger partial charge is 0.325 e.